The Kier molecular flexibility index (Phi) is 4.22. The number of benzene rings is 1. The Bertz CT molecular complexity index is 977. The first-order valence-corrected chi connectivity index (χ1v) is 8.91. The largest absolute Gasteiger partial charge is 0.350 e. The molecule has 2 aromatic heterocycles. The van der Waals surface area contributed by atoms with Gasteiger partial charge in [0.1, 0.15) is 5.82 Å². The fraction of sp³-hybridized carbons (Fsp3) is 0.350. The lowest BCUT2D eigenvalue weighted by molar-refractivity contribution is 0.416. The average Bonchev–Trinajstić information content (AvgIpc) is 3.06. The molecule has 0 radical (unpaired) electrons. The van der Waals surface area contributed by atoms with Crippen molar-refractivity contribution in [3.05, 3.63) is 64.5 Å². The topological polar surface area (TPSA) is 52.2 Å². The molecule has 0 aliphatic heterocycles. The van der Waals surface area contributed by atoms with Gasteiger partial charge >= 0.3 is 0 Å². The maximum Gasteiger partial charge on any atom is 0.282 e. The number of fused-ring (bicyclic) bond motifs is 1. The quantitative estimate of drug-likeness (QED) is 0.686. The zero-order chi connectivity index (χ0) is 17.2. The predicted molar refractivity (Wildman–Crippen MR) is 100 cm³/mol. The van der Waals surface area contributed by atoms with Gasteiger partial charge in [0.15, 0.2) is 0 Å². The molecule has 0 bridgehead atoms. The summed E-state index contributed by atoms with van der Waals surface area (Å²) in [5.41, 5.74) is 1.63. The Balaban J connectivity index is 1.87. The van der Waals surface area contributed by atoms with Crippen LogP contribution in [0.2, 0.25) is 0 Å². The molecular formula is C20H22N4O. The van der Waals surface area contributed by atoms with Gasteiger partial charge in [0.2, 0.25) is 0 Å². The number of aromatic nitrogens is 3. The van der Waals surface area contributed by atoms with Crippen LogP contribution in [0.15, 0.2) is 52.5 Å². The van der Waals surface area contributed by atoms with E-state index in [1.54, 1.807) is 6.21 Å². The fourth-order valence-electron chi connectivity index (χ4n) is 3.60. The minimum absolute atomic E-state index is 0.0865. The number of nitrogens with zero attached hydrogens (tertiary/aromatic N) is 4. The smallest absolute Gasteiger partial charge is 0.282 e. The normalized spacial score (nSPS) is 16.0. The molecule has 5 heteroatoms. The highest BCUT2D eigenvalue weighted by molar-refractivity contribution is 5.79. The van der Waals surface area contributed by atoms with E-state index in [0.29, 0.717) is 11.3 Å². The van der Waals surface area contributed by atoms with Crippen molar-refractivity contribution in [3.63, 3.8) is 0 Å². The van der Waals surface area contributed by atoms with E-state index in [4.69, 9.17) is 4.98 Å². The monoisotopic (exact) mass is 334 g/mol. The van der Waals surface area contributed by atoms with E-state index in [1.165, 1.54) is 23.9 Å². The van der Waals surface area contributed by atoms with Crippen LogP contribution in [0.1, 0.15) is 49.5 Å². The Morgan fingerprint density at radius 1 is 1.12 bits per heavy atom. The molecule has 1 aromatic carbocycles. The second kappa shape index (κ2) is 6.67. The Hall–Kier alpha value is -2.69. The molecule has 128 valence electrons. The summed E-state index contributed by atoms with van der Waals surface area (Å²) >= 11 is 0. The van der Waals surface area contributed by atoms with E-state index in [9.17, 15) is 4.79 Å². The van der Waals surface area contributed by atoms with Gasteiger partial charge in [0.05, 0.1) is 22.8 Å². The summed E-state index contributed by atoms with van der Waals surface area (Å²) in [6.45, 7) is 0. The SMILES string of the molecule is Cn1cccc1C=Nn1c(C2CCCCC2)nc2ccccc2c1=O. The second-order valence-corrected chi connectivity index (χ2v) is 6.73. The van der Waals surface area contributed by atoms with Crippen LogP contribution in [-0.2, 0) is 7.05 Å². The minimum Gasteiger partial charge on any atom is -0.350 e. The fourth-order valence-corrected chi connectivity index (χ4v) is 3.60. The first-order valence-electron chi connectivity index (χ1n) is 8.91. The predicted octanol–water partition coefficient (Wildman–Crippen LogP) is 3.66. The van der Waals surface area contributed by atoms with E-state index in [2.05, 4.69) is 5.10 Å². The first kappa shape index (κ1) is 15.8. The van der Waals surface area contributed by atoms with Crippen LogP contribution >= 0.6 is 0 Å². The minimum atomic E-state index is -0.0865. The molecule has 4 rings (SSSR count). The summed E-state index contributed by atoms with van der Waals surface area (Å²) in [6.07, 6.45) is 9.49. The molecule has 0 amide bonds. The van der Waals surface area contributed by atoms with Crippen molar-refractivity contribution in [1.29, 1.82) is 0 Å². The zero-order valence-corrected chi connectivity index (χ0v) is 14.4. The van der Waals surface area contributed by atoms with Gasteiger partial charge in [-0.25, -0.2) is 4.98 Å². The average molecular weight is 334 g/mol. The highest BCUT2D eigenvalue weighted by Gasteiger charge is 2.22. The van der Waals surface area contributed by atoms with Crippen LogP contribution in [-0.4, -0.2) is 20.4 Å². The lowest BCUT2D eigenvalue weighted by Crippen LogP contribution is -2.25. The van der Waals surface area contributed by atoms with Gasteiger partial charge < -0.3 is 4.57 Å². The molecule has 5 nitrogen and oxygen atoms in total. The van der Waals surface area contributed by atoms with Crippen molar-refractivity contribution in [1.82, 2.24) is 14.2 Å². The summed E-state index contributed by atoms with van der Waals surface area (Å²) in [5, 5.41) is 5.15. The Labute approximate surface area is 146 Å². The first-order chi connectivity index (χ1) is 12.2. The van der Waals surface area contributed by atoms with Gasteiger partial charge in [-0.1, -0.05) is 31.4 Å². The van der Waals surface area contributed by atoms with Crippen molar-refractivity contribution in [2.24, 2.45) is 12.1 Å². The van der Waals surface area contributed by atoms with Gasteiger partial charge in [0.25, 0.3) is 5.56 Å². The highest BCUT2D eigenvalue weighted by atomic mass is 16.1. The van der Waals surface area contributed by atoms with Gasteiger partial charge in [0, 0.05) is 19.2 Å². The molecule has 0 N–H and O–H groups in total. The van der Waals surface area contributed by atoms with Crippen LogP contribution in [0.5, 0.6) is 0 Å². The zero-order valence-electron chi connectivity index (χ0n) is 14.4. The van der Waals surface area contributed by atoms with E-state index in [1.807, 2.05) is 54.2 Å². The molecule has 1 saturated carbocycles. The molecule has 0 saturated heterocycles. The van der Waals surface area contributed by atoms with Crippen LogP contribution < -0.4 is 5.56 Å². The van der Waals surface area contributed by atoms with Crippen LogP contribution in [0, 0.1) is 0 Å². The molecule has 1 aliphatic rings. The molecular weight excluding hydrogens is 312 g/mol. The second-order valence-electron chi connectivity index (χ2n) is 6.73. The highest BCUT2D eigenvalue weighted by Crippen LogP contribution is 2.31. The van der Waals surface area contributed by atoms with Gasteiger partial charge in [-0.2, -0.15) is 9.78 Å². The van der Waals surface area contributed by atoms with E-state index < -0.39 is 0 Å². The van der Waals surface area contributed by atoms with Crippen molar-refractivity contribution >= 4 is 17.1 Å². The number of aryl methyl sites for hydroxylation is 1. The maximum atomic E-state index is 13.0. The Morgan fingerprint density at radius 2 is 1.92 bits per heavy atom. The molecule has 1 aliphatic carbocycles. The van der Waals surface area contributed by atoms with Crippen molar-refractivity contribution in [2.45, 2.75) is 38.0 Å². The molecule has 0 spiro atoms. The summed E-state index contributed by atoms with van der Waals surface area (Å²) in [4.78, 5) is 17.9. The summed E-state index contributed by atoms with van der Waals surface area (Å²) < 4.78 is 3.49. The third-order valence-electron chi connectivity index (χ3n) is 5.04. The summed E-state index contributed by atoms with van der Waals surface area (Å²) in [7, 11) is 1.96. The van der Waals surface area contributed by atoms with Crippen LogP contribution in [0.25, 0.3) is 10.9 Å². The lowest BCUT2D eigenvalue weighted by Gasteiger charge is -2.22. The van der Waals surface area contributed by atoms with Crippen molar-refractivity contribution in [2.75, 3.05) is 0 Å². The number of para-hydroxylation sites is 1. The lowest BCUT2D eigenvalue weighted by atomic mass is 9.88. The molecule has 25 heavy (non-hydrogen) atoms. The Morgan fingerprint density at radius 3 is 2.68 bits per heavy atom. The van der Waals surface area contributed by atoms with Crippen LogP contribution in [0.3, 0.4) is 0 Å². The van der Waals surface area contributed by atoms with E-state index in [-0.39, 0.29) is 5.56 Å². The number of rotatable bonds is 3. The standard InChI is InChI=1S/C20H22N4O/c1-23-13-7-10-16(23)14-21-24-19(15-8-3-2-4-9-15)22-18-12-6-5-11-17(18)20(24)25/h5-7,10-15H,2-4,8-9H2,1H3. The number of hydrogen-bond donors (Lipinski definition) is 0. The summed E-state index contributed by atoms with van der Waals surface area (Å²) in [5.74, 6) is 1.10. The summed E-state index contributed by atoms with van der Waals surface area (Å²) in [6, 6.07) is 11.5. The molecule has 2 heterocycles. The third-order valence-corrected chi connectivity index (χ3v) is 5.04. The van der Waals surface area contributed by atoms with Crippen molar-refractivity contribution < 1.29 is 0 Å². The third kappa shape index (κ3) is 3.02. The van der Waals surface area contributed by atoms with Gasteiger partial charge in [-0.05, 0) is 37.1 Å². The van der Waals surface area contributed by atoms with Crippen molar-refractivity contribution in [3.8, 4) is 0 Å². The van der Waals surface area contributed by atoms with Gasteiger partial charge in [-0.15, -0.1) is 0 Å². The maximum absolute atomic E-state index is 13.0. The number of hydrogen-bond acceptors (Lipinski definition) is 3. The van der Waals surface area contributed by atoms with E-state index >= 15 is 0 Å². The molecule has 0 atom stereocenters. The molecule has 0 unspecified atom stereocenters. The molecule has 1 fully saturated rings. The van der Waals surface area contributed by atoms with Gasteiger partial charge in [-0.3, -0.25) is 4.79 Å². The van der Waals surface area contributed by atoms with Crippen LogP contribution in [0.4, 0.5) is 0 Å². The van der Waals surface area contributed by atoms with E-state index in [0.717, 1.165) is 29.9 Å². The molecule has 3 aromatic rings.